The third-order valence-corrected chi connectivity index (χ3v) is 5.92. The van der Waals surface area contributed by atoms with Gasteiger partial charge >= 0.3 is 12.2 Å². The number of halogens is 4. The molecule has 0 aliphatic carbocycles. The molecule has 0 spiro atoms. The van der Waals surface area contributed by atoms with E-state index >= 15 is 8.78 Å². The van der Waals surface area contributed by atoms with Gasteiger partial charge in [0.15, 0.2) is 17.4 Å². The fourth-order valence-electron chi connectivity index (χ4n) is 4.13. The number of hydroxylamine groups is 2. The topological polar surface area (TPSA) is 96.5 Å². The Morgan fingerprint density at radius 2 is 1.71 bits per heavy atom. The second-order valence-electron chi connectivity index (χ2n) is 8.43. The van der Waals surface area contributed by atoms with E-state index in [4.69, 9.17) is 19.2 Å². The van der Waals surface area contributed by atoms with Crippen molar-refractivity contribution in [1.29, 1.82) is 0 Å². The lowest BCUT2D eigenvalue weighted by atomic mass is 10.1. The van der Waals surface area contributed by atoms with Crippen molar-refractivity contribution in [1.82, 2.24) is 5.06 Å². The van der Waals surface area contributed by atoms with Crippen LogP contribution < -0.4 is 9.80 Å². The summed E-state index contributed by atoms with van der Waals surface area (Å²) in [4.78, 5) is 47.9. The summed E-state index contributed by atoms with van der Waals surface area (Å²) in [7, 11) is 0. The number of alkyl halides is 2. The standard InChI is InChI=1S/C24H25F4N3O4.CO2/c25-19-12-17(31-15-18(35-24(31)33)6-7-21(32)23(27)28)13-20(26)22(19)29-8-9-30(34-11-10-29)14-16-4-2-1-3-5-16;2-1-3/h1-5,12-13,18,23H,6-11,14-15H2;/t18-;/m0./s1. The van der Waals surface area contributed by atoms with Gasteiger partial charge in [-0.15, -0.1) is 0 Å². The van der Waals surface area contributed by atoms with Crippen LogP contribution in [0.15, 0.2) is 42.5 Å². The molecule has 2 aliphatic heterocycles. The number of carbonyl (C=O) groups is 2. The van der Waals surface area contributed by atoms with Crippen LogP contribution in [0.25, 0.3) is 0 Å². The molecule has 2 heterocycles. The minimum Gasteiger partial charge on any atom is -0.444 e. The van der Waals surface area contributed by atoms with E-state index in [0.29, 0.717) is 19.6 Å². The van der Waals surface area contributed by atoms with E-state index in [1.807, 2.05) is 30.3 Å². The highest BCUT2D eigenvalue weighted by Crippen LogP contribution is 2.32. The molecule has 4 rings (SSSR count). The van der Waals surface area contributed by atoms with Crippen molar-refractivity contribution < 1.29 is 46.3 Å². The molecular formula is C25H25F4N3O6. The molecule has 2 saturated heterocycles. The minimum absolute atomic E-state index is 0.0480. The van der Waals surface area contributed by atoms with Crippen molar-refractivity contribution in [3.05, 3.63) is 59.7 Å². The van der Waals surface area contributed by atoms with E-state index in [-0.39, 0.29) is 43.6 Å². The number of rotatable bonds is 8. The smallest absolute Gasteiger partial charge is 0.414 e. The third kappa shape index (κ3) is 7.60. The Bertz CT molecular complexity index is 1120. The van der Waals surface area contributed by atoms with Crippen LogP contribution in [0.3, 0.4) is 0 Å². The van der Waals surface area contributed by atoms with Gasteiger partial charge in [-0.05, 0) is 12.0 Å². The molecule has 38 heavy (non-hydrogen) atoms. The molecule has 2 aliphatic rings. The van der Waals surface area contributed by atoms with Gasteiger partial charge in [-0.3, -0.25) is 14.5 Å². The average Bonchev–Trinajstić information content (AvgIpc) is 3.10. The lowest BCUT2D eigenvalue weighted by Crippen LogP contribution is -2.32. The Balaban J connectivity index is 0.00000127. The molecule has 0 N–H and O–H groups in total. The zero-order valence-corrected chi connectivity index (χ0v) is 20.2. The number of cyclic esters (lactones) is 1. The molecule has 0 saturated carbocycles. The Hall–Kier alpha value is -3.80. The summed E-state index contributed by atoms with van der Waals surface area (Å²) in [6, 6.07) is 11.8. The summed E-state index contributed by atoms with van der Waals surface area (Å²) in [6.45, 7) is 1.70. The van der Waals surface area contributed by atoms with Crippen LogP contribution >= 0.6 is 0 Å². The number of nitrogens with zero attached hydrogens (tertiary/aromatic N) is 3. The van der Waals surface area contributed by atoms with Crippen molar-refractivity contribution in [2.45, 2.75) is 31.9 Å². The summed E-state index contributed by atoms with van der Waals surface area (Å²) in [5.74, 6) is -2.94. The van der Waals surface area contributed by atoms with Crippen LogP contribution in [-0.2, 0) is 30.5 Å². The summed E-state index contributed by atoms with van der Waals surface area (Å²) >= 11 is 0. The number of anilines is 2. The van der Waals surface area contributed by atoms with Crippen molar-refractivity contribution in [2.24, 2.45) is 0 Å². The fraction of sp³-hybridized carbons (Fsp3) is 0.400. The van der Waals surface area contributed by atoms with E-state index in [1.165, 1.54) is 0 Å². The maximum absolute atomic E-state index is 15.0. The largest absolute Gasteiger partial charge is 0.444 e. The van der Waals surface area contributed by atoms with E-state index in [2.05, 4.69) is 0 Å². The molecule has 1 atom stereocenters. The molecule has 0 radical (unpaired) electrons. The number of hydrogen-bond donors (Lipinski definition) is 0. The number of Topliss-reactive ketones (excluding diaryl/α,β-unsaturated/α-hetero) is 1. The summed E-state index contributed by atoms with van der Waals surface area (Å²) in [5.41, 5.74) is 0.788. The number of ether oxygens (including phenoxy) is 1. The van der Waals surface area contributed by atoms with Crippen molar-refractivity contribution in [3.8, 4) is 0 Å². The predicted octanol–water partition coefficient (Wildman–Crippen LogP) is 3.57. The summed E-state index contributed by atoms with van der Waals surface area (Å²) in [5, 5.41) is 1.75. The number of benzene rings is 2. The van der Waals surface area contributed by atoms with Gasteiger partial charge in [0.05, 0.1) is 18.8 Å². The number of hydrogen-bond acceptors (Lipinski definition) is 8. The van der Waals surface area contributed by atoms with Crippen LogP contribution in [0, 0.1) is 11.6 Å². The molecule has 0 aromatic heterocycles. The van der Waals surface area contributed by atoms with Crippen LogP contribution in [0.5, 0.6) is 0 Å². The Morgan fingerprint density at radius 3 is 2.34 bits per heavy atom. The van der Waals surface area contributed by atoms with E-state index in [9.17, 15) is 18.4 Å². The van der Waals surface area contributed by atoms with Crippen LogP contribution in [0.1, 0.15) is 18.4 Å². The highest BCUT2D eigenvalue weighted by Gasteiger charge is 2.34. The predicted molar refractivity (Wildman–Crippen MR) is 124 cm³/mol. The van der Waals surface area contributed by atoms with Gasteiger partial charge in [0.25, 0.3) is 6.43 Å². The number of ketones is 1. The Morgan fingerprint density at radius 1 is 1.05 bits per heavy atom. The van der Waals surface area contributed by atoms with E-state index in [1.54, 1.807) is 9.96 Å². The molecule has 2 fully saturated rings. The monoisotopic (exact) mass is 539 g/mol. The number of carbonyl (C=O) groups excluding carboxylic acids is 4. The van der Waals surface area contributed by atoms with Gasteiger partial charge in [-0.25, -0.2) is 22.4 Å². The minimum atomic E-state index is -3.09. The molecule has 204 valence electrons. The normalized spacial score (nSPS) is 17.9. The zero-order chi connectivity index (χ0) is 27.7. The van der Waals surface area contributed by atoms with Crippen molar-refractivity contribution in [2.75, 3.05) is 42.6 Å². The molecule has 2 aromatic rings. The highest BCUT2D eigenvalue weighted by molar-refractivity contribution is 5.90. The molecular weight excluding hydrogens is 514 g/mol. The zero-order valence-electron chi connectivity index (χ0n) is 20.2. The summed E-state index contributed by atoms with van der Waals surface area (Å²) < 4.78 is 59.9. The van der Waals surface area contributed by atoms with Gasteiger partial charge in [0, 0.05) is 44.7 Å². The van der Waals surface area contributed by atoms with Gasteiger partial charge in [-0.2, -0.15) is 14.7 Å². The molecule has 0 bridgehead atoms. The Kier molecular flexibility index (Phi) is 10.3. The first-order valence-electron chi connectivity index (χ1n) is 11.7. The molecule has 13 heteroatoms. The lowest BCUT2D eigenvalue weighted by molar-refractivity contribution is -0.191. The molecule has 1 amide bonds. The first-order valence-corrected chi connectivity index (χ1v) is 11.7. The SMILES string of the molecule is O=C(CC[C@H]1CN(c2cc(F)c(N3CCON(Cc4ccccc4)CC3)c(F)c2)C(=O)O1)C(F)F.O=C=O. The first kappa shape index (κ1) is 28.8. The van der Waals surface area contributed by atoms with Gasteiger partial charge in [0.2, 0.25) is 0 Å². The molecule has 9 nitrogen and oxygen atoms in total. The van der Waals surface area contributed by atoms with Gasteiger partial charge in [0.1, 0.15) is 11.8 Å². The second-order valence-corrected chi connectivity index (χ2v) is 8.43. The Labute approximate surface area is 215 Å². The van der Waals surface area contributed by atoms with Gasteiger partial charge in [-0.1, -0.05) is 30.3 Å². The second kappa shape index (κ2) is 13.7. The molecule has 2 aromatic carbocycles. The number of amides is 1. The van der Waals surface area contributed by atoms with Crippen LogP contribution in [0.2, 0.25) is 0 Å². The lowest BCUT2D eigenvalue weighted by Gasteiger charge is -2.24. The van der Waals surface area contributed by atoms with Crippen LogP contribution in [-0.4, -0.2) is 68.4 Å². The first-order chi connectivity index (χ1) is 18.2. The van der Waals surface area contributed by atoms with Crippen molar-refractivity contribution >= 4 is 29.4 Å². The fourth-order valence-corrected chi connectivity index (χ4v) is 4.13. The van der Waals surface area contributed by atoms with E-state index < -0.39 is 42.5 Å². The summed E-state index contributed by atoms with van der Waals surface area (Å²) in [6.07, 6.45) is -5.07. The van der Waals surface area contributed by atoms with Crippen LogP contribution in [0.4, 0.5) is 33.7 Å². The van der Waals surface area contributed by atoms with Gasteiger partial charge < -0.3 is 9.64 Å². The molecule has 0 unspecified atom stereocenters. The maximum Gasteiger partial charge on any atom is 0.414 e. The quantitative estimate of drug-likeness (QED) is 0.470. The average molecular weight is 539 g/mol. The van der Waals surface area contributed by atoms with Crippen molar-refractivity contribution in [3.63, 3.8) is 0 Å². The third-order valence-electron chi connectivity index (χ3n) is 5.92. The highest BCUT2D eigenvalue weighted by atomic mass is 19.3. The maximum atomic E-state index is 15.0. The van der Waals surface area contributed by atoms with E-state index in [0.717, 1.165) is 22.6 Å².